The van der Waals surface area contributed by atoms with Gasteiger partial charge in [-0.2, -0.15) is 0 Å². The Labute approximate surface area is 225 Å². The summed E-state index contributed by atoms with van der Waals surface area (Å²) < 4.78 is 30.7. The molecule has 2 aromatic rings. The Bertz CT molecular complexity index is 1050. The Morgan fingerprint density at radius 1 is 1.03 bits per heavy atom. The summed E-state index contributed by atoms with van der Waals surface area (Å²) in [5, 5.41) is 3.40. The number of likely N-dealkylation sites (tertiary alicyclic amines) is 1. The van der Waals surface area contributed by atoms with E-state index in [-0.39, 0.29) is 29.7 Å². The van der Waals surface area contributed by atoms with Gasteiger partial charge in [-0.15, -0.1) is 0 Å². The van der Waals surface area contributed by atoms with Gasteiger partial charge in [-0.05, 0) is 60.6 Å². The van der Waals surface area contributed by atoms with Gasteiger partial charge >= 0.3 is 6.03 Å². The minimum absolute atomic E-state index is 0.0269. The highest BCUT2D eigenvalue weighted by Crippen LogP contribution is 2.37. The van der Waals surface area contributed by atoms with Gasteiger partial charge in [0, 0.05) is 32.6 Å². The van der Waals surface area contributed by atoms with Crippen LogP contribution in [0.3, 0.4) is 0 Å². The number of nitrogens with zero attached hydrogens (tertiary/aromatic N) is 2. The second kappa shape index (κ2) is 12.0. The third-order valence-electron chi connectivity index (χ3n) is 7.95. The monoisotopic (exact) mass is 525 g/mol. The van der Waals surface area contributed by atoms with Crippen LogP contribution in [-0.4, -0.2) is 73.2 Å². The number of rotatable bonds is 10. The minimum Gasteiger partial charge on any atom is -0.493 e. The fraction of sp³-hybridized carbons (Fsp3) is 0.567. The third kappa shape index (κ3) is 6.47. The van der Waals surface area contributed by atoms with Crippen LogP contribution in [0.5, 0.6) is 5.75 Å². The molecule has 8 heteroatoms. The first-order valence-electron chi connectivity index (χ1n) is 13.9. The molecule has 1 unspecified atom stereocenters. The molecule has 0 saturated carbocycles. The largest absolute Gasteiger partial charge is 0.493 e. The van der Waals surface area contributed by atoms with E-state index < -0.39 is 0 Å². The lowest BCUT2D eigenvalue weighted by Crippen LogP contribution is -2.57. The standard InChI is InChI=1S/C30H40FN3O4/c1-22(2)21-38-26-9-5-24(6-10-26)20-34-27(19-23-3-7-25(31)8-4-23)30(32-29(34)35)12-15-33(16-13-30)14-11-28-36-17-18-37-28/h3-10,22,27-28H,11-21H2,1-2H3,(H,32,35). The number of piperidine rings is 1. The fourth-order valence-corrected chi connectivity index (χ4v) is 5.79. The average Bonchev–Trinajstić information content (AvgIpc) is 3.52. The molecule has 7 nitrogen and oxygen atoms in total. The number of hydrogen-bond donors (Lipinski definition) is 1. The third-order valence-corrected chi connectivity index (χ3v) is 7.95. The maximum absolute atomic E-state index is 13.6. The van der Waals surface area contributed by atoms with E-state index in [0.29, 0.717) is 38.7 Å². The number of hydrogen-bond acceptors (Lipinski definition) is 5. The molecule has 3 heterocycles. The molecule has 2 aromatic carbocycles. The maximum atomic E-state index is 13.6. The number of benzene rings is 2. The highest BCUT2D eigenvalue weighted by molar-refractivity contribution is 5.79. The molecule has 3 saturated heterocycles. The molecule has 1 spiro atoms. The first kappa shape index (κ1) is 26.9. The molecule has 1 N–H and O–H groups in total. The number of carbonyl (C=O) groups excluding carboxylic acids is 1. The van der Waals surface area contributed by atoms with Crippen LogP contribution < -0.4 is 10.1 Å². The second-order valence-corrected chi connectivity index (χ2v) is 11.2. The van der Waals surface area contributed by atoms with E-state index in [0.717, 1.165) is 55.8 Å². The van der Waals surface area contributed by atoms with E-state index in [1.165, 1.54) is 12.1 Å². The molecule has 3 aliphatic rings. The first-order chi connectivity index (χ1) is 18.4. The van der Waals surface area contributed by atoms with Crippen LogP contribution in [-0.2, 0) is 22.4 Å². The van der Waals surface area contributed by atoms with Crippen molar-refractivity contribution in [3.63, 3.8) is 0 Å². The van der Waals surface area contributed by atoms with Gasteiger partial charge < -0.3 is 29.3 Å². The van der Waals surface area contributed by atoms with E-state index >= 15 is 0 Å². The predicted octanol–water partition coefficient (Wildman–Crippen LogP) is 4.59. The molecule has 2 amide bonds. The predicted molar refractivity (Wildman–Crippen MR) is 143 cm³/mol. The lowest BCUT2D eigenvalue weighted by Gasteiger charge is -2.43. The topological polar surface area (TPSA) is 63.3 Å². The molecular formula is C30H40FN3O4. The van der Waals surface area contributed by atoms with E-state index in [4.69, 9.17) is 14.2 Å². The van der Waals surface area contributed by atoms with Crippen molar-refractivity contribution in [3.8, 4) is 5.75 Å². The number of ether oxygens (including phenoxy) is 3. The number of carbonyl (C=O) groups is 1. The molecule has 3 fully saturated rings. The van der Waals surface area contributed by atoms with Crippen molar-refractivity contribution >= 4 is 6.03 Å². The van der Waals surface area contributed by atoms with Crippen molar-refractivity contribution in [2.45, 2.75) is 63.9 Å². The Morgan fingerprint density at radius 3 is 2.34 bits per heavy atom. The van der Waals surface area contributed by atoms with Gasteiger partial charge in [-0.25, -0.2) is 9.18 Å². The fourth-order valence-electron chi connectivity index (χ4n) is 5.79. The van der Waals surface area contributed by atoms with Gasteiger partial charge in [0.1, 0.15) is 11.6 Å². The molecule has 0 radical (unpaired) electrons. The zero-order valence-electron chi connectivity index (χ0n) is 22.5. The summed E-state index contributed by atoms with van der Waals surface area (Å²) in [5.41, 5.74) is 1.78. The summed E-state index contributed by atoms with van der Waals surface area (Å²) in [6.07, 6.45) is 3.19. The van der Waals surface area contributed by atoms with Crippen molar-refractivity contribution in [2.24, 2.45) is 5.92 Å². The lowest BCUT2D eigenvalue weighted by molar-refractivity contribution is -0.0534. The summed E-state index contributed by atoms with van der Waals surface area (Å²) in [6.45, 7) is 9.53. The number of nitrogens with one attached hydrogen (secondary N) is 1. The van der Waals surface area contributed by atoms with Crippen LogP contribution in [0.1, 0.15) is 44.2 Å². The van der Waals surface area contributed by atoms with Gasteiger partial charge in [-0.1, -0.05) is 38.1 Å². The minimum atomic E-state index is -0.317. The number of amides is 2. The summed E-state index contributed by atoms with van der Waals surface area (Å²) >= 11 is 0. The van der Waals surface area contributed by atoms with Crippen LogP contribution in [0, 0.1) is 11.7 Å². The Hall–Kier alpha value is -2.68. The van der Waals surface area contributed by atoms with Crippen LogP contribution in [0.4, 0.5) is 9.18 Å². The Kier molecular flexibility index (Phi) is 8.51. The lowest BCUT2D eigenvalue weighted by atomic mass is 9.78. The number of urea groups is 1. The highest BCUT2D eigenvalue weighted by atomic mass is 19.1. The summed E-state index contributed by atoms with van der Waals surface area (Å²) in [6, 6.07) is 14.7. The van der Waals surface area contributed by atoms with Gasteiger partial charge in [0.25, 0.3) is 0 Å². The molecule has 206 valence electrons. The molecule has 0 aromatic heterocycles. The zero-order valence-corrected chi connectivity index (χ0v) is 22.5. The summed E-state index contributed by atoms with van der Waals surface area (Å²) in [7, 11) is 0. The zero-order chi connectivity index (χ0) is 26.5. The average molecular weight is 526 g/mol. The normalized spacial score (nSPS) is 21.9. The quantitative estimate of drug-likeness (QED) is 0.492. The first-order valence-corrected chi connectivity index (χ1v) is 13.9. The smallest absolute Gasteiger partial charge is 0.318 e. The van der Waals surface area contributed by atoms with Crippen molar-refractivity contribution in [3.05, 3.63) is 65.5 Å². The molecule has 5 rings (SSSR count). The highest BCUT2D eigenvalue weighted by Gasteiger charge is 2.52. The second-order valence-electron chi connectivity index (χ2n) is 11.2. The Balaban J connectivity index is 1.28. The molecule has 1 atom stereocenters. The van der Waals surface area contributed by atoms with E-state index in [1.807, 2.05) is 41.3 Å². The van der Waals surface area contributed by atoms with Crippen molar-refractivity contribution < 1.29 is 23.4 Å². The van der Waals surface area contributed by atoms with Gasteiger partial charge in [0.15, 0.2) is 6.29 Å². The van der Waals surface area contributed by atoms with E-state index in [1.54, 1.807) is 0 Å². The van der Waals surface area contributed by atoms with Gasteiger partial charge in [0.05, 0.1) is 31.4 Å². The van der Waals surface area contributed by atoms with Crippen LogP contribution in [0.15, 0.2) is 48.5 Å². The van der Waals surface area contributed by atoms with E-state index in [2.05, 4.69) is 24.1 Å². The van der Waals surface area contributed by atoms with Gasteiger partial charge in [-0.3, -0.25) is 0 Å². The molecule has 38 heavy (non-hydrogen) atoms. The summed E-state index contributed by atoms with van der Waals surface area (Å²) in [4.78, 5) is 17.8. The van der Waals surface area contributed by atoms with Crippen LogP contribution in [0.25, 0.3) is 0 Å². The van der Waals surface area contributed by atoms with Crippen molar-refractivity contribution in [1.82, 2.24) is 15.1 Å². The van der Waals surface area contributed by atoms with Crippen LogP contribution in [0.2, 0.25) is 0 Å². The Morgan fingerprint density at radius 2 is 1.68 bits per heavy atom. The molecule has 3 aliphatic heterocycles. The number of halogens is 1. The SMILES string of the molecule is CC(C)COc1ccc(CN2C(=O)NC3(CCN(CCC4OCCO4)CC3)C2Cc2ccc(F)cc2)cc1. The van der Waals surface area contributed by atoms with E-state index in [9.17, 15) is 9.18 Å². The van der Waals surface area contributed by atoms with Crippen molar-refractivity contribution in [2.75, 3.05) is 39.5 Å². The molecule has 0 aliphatic carbocycles. The molecular weight excluding hydrogens is 485 g/mol. The van der Waals surface area contributed by atoms with Gasteiger partial charge in [0.2, 0.25) is 0 Å². The molecule has 0 bridgehead atoms. The maximum Gasteiger partial charge on any atom is 0.318 e. The van der Waals surface area contributed by atoms with Crippen LogP contribution >= 0.6 is 0 Å². The van der Waals surface area contributed by atoms with Crippen molar-refractivity contribution in [1.29, 1.82) is 0 Å². The summed E-state index contributed by atoms with van der Waals surface area (Å²) in [5.74, 6) is 1.06.